The zero-order valence-corrected chi connectivity index (χ0v) is 13.1. The molecule has 1 unspecified atom stereocenters. The summed E-state index contributed by atoms with van der Waals surface area (Å²) in [6.07, 6.45) is -0.0543. The van der Waals surface area contributed by atoms with Crippen LogP contribution < -0.4 is 5.46 Å². The van der Waals surface area contributed by atoms with Gasteiger partial charge in [-0.25, -0.2) is 0 Å². The smallest absolute Gasteiger partial charge is 0.399 e. The molecule has 0 spiro atoms. The largest absolute Gasteiger partial charge is 0.494 e. The number of allylic oxidation sites excluding steroid dienone is 1. The van der Waals surface area contributed by atoms with Crippen LogP contribution in [-0.2, 0) is 9.31 Å². The maximum atomic E-state index is 12.2. The summed E-state index contributed by atoms with van der Waals surface area (Å²) in [7, 11) is -0.539. The summed E-state index contributed by atoms with van der Waals surface area (Å²) in [6.45, 7) is 5.71. The molecule has 0 aromatic heterocycles. The minimum atomic E-state index is -1.67. The Morgan fingerprint density at radius 3 is 2.62 bits per heavy atom. The van der Waals surface area contributed by atoms with Crippen molar-refractivity contribution in [3.05, 3.63) is 41.4 Å². The van der Waals surface area contributed by atoms with Crippen molar-refractivity contribution in [1.29, 1.82) is 0 Å². The maximum absolute atomic E-state index is 12.2. The molecule has 0 saturated carbocycles. The van der Waals surface area contributed by atoms with Gasteiger partial charge in [0, 0.05) is 5.02 Å². The minimum absolute atomic E-state index is 0.244. The molecule has 114 valence electrons. The van der Waals surface area contributed by atoms with Crippen molar-refractivity contribution in [2.45, 2.75) is 44.8 Å². The molecule has 1 atom stereocenters. The topological polar surface area (TPSA) is 18.5 Å². The second-order valence-electron chi connectivity index (χ2n) is 5.90. The summed E-state index contributed by atoms with van der Waals surface area (Å²) >= 11 is 5.98. The van der Waals surface area contributed by atoms with Crippen LogP contribution in [0.15, 0.2) is 36.4 Å². The lowest BCUT2D eigenvalue weighted by Gasteiger charge is -2.36. The van der Waals surface area contributed by atoms with Gasteiger partial charge >= 0.3 is 7.12 Å². The first kappa shape index (κ1) is 16.5. The molecule has 0 amide bonds. The van der Waals surface area contributed by atoms with E-state index in [0.29, 0.717) is 11.4 Å². The third-order valence-corrected chi connectivity index (χ3v) is 4.32. The lowest BCUT2D eigenvalue weighted by molar-refractivity contribution is -0.0149. The summed E-state index contributed by atoms with van der Waals surface area (Å²) in [6, 6.07) is 7.27. The van der Waals surface area contributed by atoms with Gasteiger partial charge in [0.05, 0.1) is 11.2 Å². The van der Waals surface area contributed by atoms with E-state index in [9.17, 15) is 8.78 Å². The summed E-state index contributed by atoms with van der Waals surface area (Å²) in [4.78, 5) is 0. The van der Waals surface area contributed by atoms with Gasteiger partial charge in [0.1, 0.15) is 0 Å². The lowest BCUT2D eigenvalue weighted by Crippen LogP contribution is -2.44. The summed E-state index contributed by atoms with van der Waals surface area (Å²) < 4.78 is 36.4. The Bertz CT molecular complexity index is 546. The SMILES string of the molecule is CC1(C)OB(c2cccc(Cl)c2)OC1(C)CCC=C(F)F. The van der Waals surface area contributed by atoms with Crippen LogP contribution in [0.1, 0.15) is 33.6 Å². The predicted molar refractivity (Wildman–Crippen MR) is 81.0 cm³/mol. The van der Waals surface area contributed by atoms with Crippen molar-refractivity contribution in [3.63, 3.8) is 0 Å². The van der Waals surface area contributed by atoms with E-state index in [1.807, 2.05) is 32.9 Å². The number of halogens is 3. The molecule has 1 aromatic carbocycles. The molecule has 0 aliphatic carbocycles. The number of rotatable bonds is 4. The zero-order valence-electron chi connectivity index (χ0n) is 12.3. The van der Waals surface area contributed by atoms with E-state index in [4.69, 9.17) is 20.9 Å². The molecule has 1 aromatic rings. The van der Waals surface area contributed by atoms with E-state index in [1.54, 1.807) is 12.1 Å². The average molecular weight is 315 g/mol. The number of hydrogen-bond acceptors (Lipinski definition) is 2. The fourth-order valence-electron chi connectivity index (χ4n) is 2.40. The number of hydrogen-bond donors (Lipinski definition) is 0. The van der Waals surface area contributed by atoms with Gasteiger partial charge in [-0.3, -0.25) is 0 Å². The van der Waals surface area contributed by atoms with Gasteiger partial charge < -0.3 is 9.31 Å². The number of benzene rings is 1. The first-order valence-electron chi connectivity index (χ1n) is 6.86. The third-order valence-electron chi connectivity index (χ3n) is 4.08. The molecule has 2 rings (SSSR count). The molecule has 1 saturated heterocycles. The van der Waals surface area contributed by atoms with Crippen LogP contribution in [0.2, 0.25) is 5.02 Å². The first-order chi connectivity index (χ1) is 9.73. The van der Waals surface area contributed by atoms with Crippen molar-refractivity contribution in [2.24, 2.45) is 0 Å². The van der Waals surface area contributed by atoms with Crippen LogP contribution in [0, 0.1) is 0 Å². The van der Waals surface area contributed by atoms with Crippen molar-refractivity contribution in [3.8, 4) is 0 Å². The van der Waals surface area contributed by atoms with Crippen LogP contribution in [0.3, 0.4) is 0 Å². The van der Waals surface area contributed by atoms with Crippen LogP contribution in [0.5, 0.6) is 0 Å². The Labute approximate surface area is 129 Å². The fourth-order valence-corrected chi connectivity index (χ4v) is 2.60. The normalized spacial score (nSPS) is 24.2. The van der Waals surface area contributed by atoms with E-state index in [0.717, 1.165) is 11.5 Å². The van der Waals surface area contributed by atoms with E-state index >= 15 is 0 Å². The van der Waals surface area contributed by atoms with Crippen LogP contribution in [-0.4, -0.2) is 18.3 Å². The lowest BCUT2D eigenvalue weighted by atomic mass is 9.79. The molecule has 0 radical (unpaired) electrons. The monoisotopic (exact) mass is 314 g/mol. The Morgan fingerprint density at radius 1 is 1.29 bits per heavy atom. The van der Waals surface area contributed by atoms with E-state index in [2.05, 4.69) is 0 Å². The minimum Gasteiger partial charge on any atom is -0.399 e. The second-order valence-corrected chi connectivity index (χ2v) is 6.33. The highest BCUT2D eigenvalue weighted by atomic mass is 35.5. The van der Waals surface area contributed by atoms with Crippen molar-refractivity contribution in [2.75, 3.05) is 0 Å². The molecule has 6 heteroatoms. The zero-order chi connectivity index (χ0) is 15.7. The average Bonchev–Trinajstić information content (AvgIpc) is 2.60. The molecular weight excluding hydrogens is 296 g/mol. The summed E-state index contributed by atoms with van der Waals surface area (Å²) in [5.74, 6) is 0. The molecule has 1 fully saturated rings. The van der Waals surface area contributed by atoms with E-state index in [1.165, 1.54) is 0 Å². The maximum Gasteiger partial charge on any atom is 0.494 e. The third kappa shape index (κ3) is 3.65. The molecule has 0 N–H and O–H groups in total. The van der Waals surface area contributed by atoms with Crippen molar-refractivity contribution >= 4 is 24.2 Å². The fraction of sp³-hybridized carbons (Fsp3) is 0.467. The molecule has 1 aliphatic rings. The van der Waals surface area contributed by atoms with Crippen molar-refractivity contribution < 1.29 is 18.1 Å². The predicted octanol–water partition coefficient (Wildman–Crippen LogP) is 4.18. The molecule has 2 nitrogen and oxygen atoms in total. The van der Waals surface area contributed by atoms with E-state index < -0.39 is 24.4 Å². The molecule has 0 bridgehead atoms. The first-order valence-corrected chi connectivity index (χ1v) is 7.24. The standard InChI is InChI=1S/C15H18BClF2O2/c1-14(2)15(3,9-5-8-13(18)19)21-16(20-14)11-6-4-7-12(17)10-11/h4,6-8,10H,5,9H2,1-3H3. The Kier molecular flexibility index (Phi) is 4.76. The summed E-state index contributed by atoms with van der Waals surface area (Å²) in [5, 5.41) is 0.605. The molecular formula is C15H18BClF2O2. The highest BCUT2D eigenvalue weighted by molar-refractivity contribution is 6.62. The van der Waals surface area contributed by atoms with Crippen LogP contribution in [0.25, 0.3) is 0 Å². The summed E-state index contributed by atoms with van der Waals surface area (Å²) in [5.41, 5.74) is -0.404. The highest BCUT2D eigenvalue weighted by Gasteiger charge is 2.53. The van der Waals surface area contributed by atoms with Gasteiger partial charge in [0.25, 0.3) is 6.08 Å². The van der Waals surface area contributed by atoms with E-state index in [-0.39, 0.29) is 6.42 Å². The van der Waals surface area contributed by atoms with Gasteiger partial charge in [0.15, 0.2) is 0 Å². The van der Waals surface area contributed by atoms with Gasteiger partial charge in [-0.05, 0) is 57.3 Å². The van der Waals surface area contributed by atoms with Gasteiger partial charge in [-0.15, -0.1) is 0 Å². The molecule has 1 aliphatic heterocycles. The van der Waals surface area contributed by atoms with Gasteiger partial charge in [-0.1, -0.05) is 23.7 Å². The van der Waals surface area contributed by atoms with Crippen LogP contribution in [0.4, 0.5) is 8.78 Å². The second kappa shape index (κ2) is 6.07. The quantitative estimate of drug-likeness (QED) is 0.776. The van der Waals surface area contributed by atoms with Gasteiger partial charge in [-0.2, -0.15) is 8.78 Å². The Hall–Kier alpha value is -0.905. The molecule has 21 heavy (non-hydrogen) atoms. The highest BCUT2D eigenvalue weighted by Crippen LogP contribution is 2.40. The molecule has 1 heterocycles. The van der Waals surface area contributed by atoms with Gasteiger partial charge in [0.2, 0.25) is 0 Å². The Morgan fingerprint density at radius 2 is 2.00 bits per heavy atom. The van der Waals surface area contributed by atoms with Crippen LogP contribution >= 0.6 is 11.6 Å². The van der Waals surface area contributed by atoms with Crippen molar-refractivity contribution in [1.82, 2.24) is 0 Å². The Balaban J connectivity index is 2.15.